The fraction of sp³-hybridized carbons (Fsp3) is 0.474. The summed E-state index contributed by atoms with van der Waals surface area (Å²) in [7, 11) is 1.32. The maximum absolute atomic E-state index is 13.1. The van der Waals surface area contributed by atoms with Gasteiger partial charge in [-0.05, 0) is 37.0 Å². The number of nitrogens with zero attached hydrogens (tertiary/aromatic N) is 2. The van der Waals surface area contributed by atoms with Crippen LogP contribution < -0.4 is 31.5 Å². The van der Waals surface area contributed by atoms with E-state index in [9.17, 15) is 38.4 Å². The van der Waals surface area contributed by atoms with Gasteiger partial charge in [0.25, 0.3) is 0 Å². The number of anilines is 1. The number of piperidine rings is 1. The summed E-state index contributed by atoms with van der Waals surface area (Å²) < 4.78 is 10.2. The molecule has 1 aliphatic rings. The van der Waals surface area contributed by atoms with Crippen molar-refractivity contribution in [3.8, 4) is 0 Å². The molecule has 6 amide bonds. The van der Waals surface area contributed by atoms with Crippen LogP contribution in [0.5, 0.6) is 0 Å². The highest BCUT2D eigenvalue weighted by Gasteiger charge is 2.49. The lowest BCUT2D eigenvalue weighted by molar-refractivity contribution is -0.151. The summed E-state index contributed by atoms with van der Waals surface area (Å²) in [6.45, 7) is 2.12. The fourth-order valence-electron chi connectivity index (χ4n) is 5.84. The Balaban J connectivity index is 1.24. The molecule has 17 heteroatoms. The van der Waals surface area contributed by atoms with E-state index in [1.807, 2.05) is 24.3 Å². The number of amides is 6. The highest BCUT2D eigenvalue weighted by molar-refractivity contribution is 6.02. The van der Waals surface area contributed by atoms with Crippen molar-refractivity contribution in [1.82, 2.24) is 31.5 Å². The number of carbonyl (C=O) groups is 8. The second kappa shape index (κ2) is 23.1. The van der Waals surface area contributed by atoms with Crippen LogP contribution in [0.15, 0.2) is 60.7 Å². The maximum atomic E-state index is 13.1. The molecule has 2 aromatic rings. The predicted molar refractivity (Wildman–Crippen MR) is 200 cm³/mol. The van der Waals surface area contributed by atoms with E-state index in [-0.39, 0.29) is 57.2 Å². The van der Waals surface area contributed by atoms with Gasteiger partial charge in [0.1, 0.15) is 18.7 Å². The number of benzene rings is 2. The molecular weight excluding hydrogens is 714 g/mol. The van der Waals surface area contributed by atoms with Gasteiger partial charge in [0.15, 0.2) is 0 Å². The molecule has 55 heavy (non-hydrogen) atoms. The number of carbonyl (C=O) groups excluding carboxylic acids is 8. The number of methoxy groups -OCH3 is 1. The van der Waals surface area contributed by atoms with Crippen molar-refractivity contribution in [2.75, 3.05) is 64.4 Å². The van der Waals surface area contributed by atoms with E-state index in [4.69, 9.17) is 9.47 Å². The topological polar surface area (TPSA) is 222 Å². The summed E-state index contributed by atoms with van der Waals surface area (Å²) in [4.78, 5) is 102. The van der Waals surface area contributed by atoms with E-state index < -0.39 is 54.2 Å². The van der Waals surface area contributed by atoms with Gasteiger partial charge in [-0.3, -0.25) is 38.5 Å². The Hall–Kier alpha value is -5.84. The van der Waals surface area contributed by atoms with Crippen molar-refractivity contribution in [1.29, 1.82) is 0 Å². The Labute approximate surface area is 320 Å². The van der Waals surface area contributed by atoms with Crippen LogP contribution in [0.3, 0.4) is 0 Å². The quantitative estimate of drug-likeness (QED) is 0.106. The van der Waals surface area contributed by atoms with Gasteiger partial charge in [-0.15, -0.1) is 0 Å². The lowest BCUT2D eigenvalue weighted by Crippen LogP contribution is -2.63. The van der Waals surface area contributed by atoms with E-state index in [1.54, 1.807) is 48.2 Å². The minimum absolute atomic E-state index is 0.00618. The third-order valence-electron chi connectivity index (χ3n) is 8.81. The number of hydrogen-bond donors (Lipinski definition) is 5. The van der Waals surface area contributed by atoms with Crippen LogP contribution in [0.2, 0.25) is 0 Å². The van der Waals surface area contributed by atoms with E-state index >= 15 is 0 Å². The molecule has 1 saturated heterocycles. The minimum atomic E-state index is -1.14. The Morgan fingerprint density at radius 3 is 1.75 bits per heavy atom. The van der Waals surface area contributed by atoms with Gasteiger partial charge < -0.3 is 41.0 Å². The first-order valence-corrected chi connectivity index (χ1v) is 18.2. The average Bonchev–Trinajstić information content (AvgIpc) is 3.20. The predicted octanol–water partition coefficient (Wildman–Crippen LogP) is -0.0681. The first-order valence-electron chi connectivity index (χ1n) is 18.2. The van der Waals surface area contributed by atoms with Crippen LogP contribution in [-0.2, 0) is 54.4 Å². The van der Waals surface area contributed by atoms with Gasteiger partial charge in [-0.1, -0.05) is 55.5 Å². The van der Waals surface area contributed by atoms with Crippen LogP contribution in [0.1, 0.15) is 51.0 Å². The molecule has 0 aliphatic carbocycles. The third kappa shape index (κ3) is 14.8. The maximum Gasteiger partial charge on any atom is 0.332 e. The summed E-state index contributed by atoms with van der Waals surface area (Å²) in [6.07, 6.45) is 1.31. The molecule has 3 rings (SSSR count). The molecule has 1 aliphatic heterocycles. The molecule has 0 radical (unpaired) electrons. The van der Waals surface area contributed by atoms with Crippen molar-refractivity contribution in [2.45, 2.75) is 57.6 Å². The molecule has 298 valence electrons. The van der Waals surface area contributed by atoms with Crippen molar-refractivity contribution in [3.05, 3.63) is 66.2 Å². The first-order chi connectivity index (χ1) is 26.5. The Morgan fingerprint density at radius 2 is 1.20 bits per heavy atom. The van der Waals surface area contributed by atoms with Crippen molar-refractivity contribution >= 4 is 53.1 Å². The average molecular weight is 766 g/mol. The minimum Gasteiger partial charge on any atom is -0.467 e. The second-order valence-electron chi connectivity index (χ2n) is 12.7. The van der Waals surface area contributed by atoms with Gasteiger partial charge >= 0.3 is 11.9 Å². The number of para-hydroxylation sites is 1. The zero-order valence-corrected chi connectivity index (χ0v) is 31.4. The molecule has 0 aromatic heterocycles. The van der Waals surface area contributed by atoms with Crippen molar-refractivity contribution in [3.63, 3.8) is 0 Å². The van der Waals surface area contributed by atoms with Gasteiger partial charge in [-0.2, -0.15) is 0 Å². The molecule has 0 bridgehead atoms. The van der Waals surface area contributed by atoms with Crippen LogP contribution in [-0.4, -0.2) is 117 Å². The Bertz CT molecular complexity index is 1620. The zero-order valence-electron chi connectivity index (χ0n) is 31.4. The molecule has 0 unspecified atom stereocenters. The first kappa shape index (κ1) is 43.6. The molecule has 5 N–H and O–H groups in total. The number of esters is 2. The third-order valence-corrected chi connectivity index (χ3v) is 8.81. The zero-order chi connectivity index (χ0) is 40.1. The molecular formula is C38H51N7O10. The highest BCUT2D eigenvalue weighted by Crippen LogP contribution is 2.35. The molecule has 1 heterocycles. The van der Waals surface area contributed by atoms with E-state index in [0.717, 1.165) is 5.56 Å². The Kier molecular flexibility index (Phi) is 18.3. The normalized spacial score (nSPS) is 13.3. The molecule has 1 fully saturated rings. The lowest BCUT2D eigenvalue weighted by Gasteiger charge is -2.46. The van der Waals surface area contributed by atoms with E-state index in [2.05, 4.69) is 31.5 Å². The summed E-state index contributed by atoms with van der Waals surface area (Å²) >= 11 is 0. The summed E-state index contributed by atoms with van der Waals surface area (Å²) in [5.74, 6) is -3.86. The van der Waals surface area contributed by atoms with Crippen LogP contribution in [0, 0.1) is 0 Å². The Morgan fingerprint density at radius 1 is 0.691 bits per heavy atom. The van der Waals surface area contributed by atoms with Gasteiger partial charge in [-0.25, -0.2) is 4.79 Å². The van der Waals surface area contributed by atoms with Gasteiger partial charge in [0, 0.05) is 51.1 Å². The van der Waals surface area contributed by atoms with Gasteiger partial charge in [0.05, 0.1) is 26.7 Å². The molecule has 0 atom stereocenters. The number of ether oxygens (including phenoxy) is 2. The fourth-order valence-corrected chi connectivity index (χ4v) is 5.84. The molecule has 2 aromatic carbocycles. The number of hydrogen-bond acceptors (Lipinski definition) is 11. The monoisotopic (exact) mass is 765 g/mol. The van der Waals surface area contributed by atoms with Crippen molar-refractivity contribution < 1.29 is 47.8 Å². The summed E-state index contributed by atoms with van der Waals surface area (Å²) in [5, 5.41) is 12.2. The number of nitrogens with one attached hydrogen (secondary N) is 5. The summed E-state index contributed by atoms with van der Waals surface area (Å²) in [5.41, 5.74) is 0.296. The highest BCUT2D eigenvalue weighted by atomic mass is 16.5. The lowest BCUT2D eigenvalue weighted by atomic mass is 9.84. The smallest absolute Gasteiger partial charge is 0.332 e. The number of rotatable bonds is 21. The standard InChI is InChI=1S/C38H51N7O10/c1-3-35(51)45(29-13-8-5-9-14-29)38(37(53)54-2)17-20-44(21-18-38)22-19-39-30(46)15-10-16-31(47)40-23-32(48)41-24-33(49)42-25-34(50)43-26-36(52)55-27-28-11-6-4-7-12-28/h4-9,11-14H,3,10,15-27H2,1-2H3,(H,39,46)(H,40,47)(H,41,48)(H,42,49)(H,43,50). The van der Waals surface area contributed by atoms with Crippen LogP contribution in [0.25, 0.3) is 0 Å². The molecule has 17 nitrogen and oxygen atoms in total. The van der Waals surface area contributed by atoms with E-state index in [1.165, 1.54) is 7.11 Å². The molecule has 0 saturated carbocycles. The largest absolute Gasteiger partial charge is 0.467 e. The van der Waals surface area contributed by atoms with Crippen LogP contribution in [0.4, 0.5) is 5.69 Å². The van der Waals surface area contributed by atoms with Crippen molar-refractivity contribution in [2.24, 2.45) is 0 Å². The van der Waals surface area contributed by atoms with E-state index in [0.29, 0.717) is 44.7 Å². The second-order valence-corrected chi connectivity index (χ2v) is 12.7. The molecule has 0 spiro atoms. The van der Waals surface area contributed by atoms with Gasteiger partial charge in [0.2, 0.25) is 35.4 Å². The number of likely N-dealkylation sites (tertiary alicyclic amines) is 1. The summed E-state index contributed by atoms with van der Waals surface area (Å²) in [6, 6.07) is 18.1. The SMILES string of the molecule is CCC(=O)N(c1ccccc1)C1(C(=O)OC)CCN(CCNC(=O)CCCC(=O)NCC(=O)NCC(=O)NCC(=O)NCC(=O)OCc2ccccc2)CC1. The van der Waals surface area contributed by atoms with Crippen LogP contribution >= 0.6 is 0 Å².